The van der Waals surface area contributed by atoms with Gasteiger partial charge in [-0.25, -0.2) is 4.79 Å². The molecule has 0 fully saturated rings. The molecule has 0 rings (SSSR count). The number of hydrogen-bond donors (Lipinski definition) is 5. The van der Waals surface area contributed by atoms with E-state index < -0.39 is 5.60 Å². The average Bonchev–Trinajstić information content (AvgIpc) is 2.85. The second-order valence-electron chi connectivity index (χ2n) is 10.6. The first-order valence-electron chi connectivity index (χ1n) is 14.4. The third-order valence-corrected chi connectivity index (χ3v) is 5.96. The molecule has 1 amide bonds. The van der Waals surface area contributed by atoms with Crippen LogP contribution in [0, 0.1) is 0 Å². The van der Waals surface area contributed by atoms with Gasteiger partial charge < -0.3 is 47.7 Å². The van der Waals surface area contributed by atoms with Gasteiger partial charge in [0.05, 0.1) is 0 Å². The Morgan fingerprint density at radius 1 is 0.703 bits per heavy atom. The van der Waals surface area contributed by atoms with Crippen molar-refractivity contribution in [1.29, 1.82) is 0 Å². The second kappa shape index (κ2) is 23.7. The zero-order valence-corrected chi connectivity index (χ0v) is 24.3. The summed E-state index contributed by atoms with van der Waals surface area (Å²) in [6.07, 6.45) is 11.1. The van der Waals surface area contributed by atoms with Crippen molar-refractivity contribution in [3.63, 3.8) is 0 Å². The minimum atomic E-state index is -0.461. The van der Waals surface area contributed by atoms with Crippen LogP contribution in [-0.4, -0.2) is 111 Å². The number of nitrogens with zero attached hydrogens (tertiary/aromatic N) is 3. The second-order valence-corrected chi connectivity index (χ2v) is 10.6. The van der Waals surface area contributed by atoms with Gasteiger partial charge in [0.1, 0.15) is 5.60 Å². The molecule has 0 aliphatic rings. The number of carbonyl (C=O) groups excluding carboxylic acids is 1. The lowest BCUT2D eigenvalue weighted by Crippen LogP contribution is -2.40. The normalized spacial score (nSPS) is 12.1. The van der Waals surface area contributed by atoms with Gasteiger partial charge in [-0.05, 0) is 98.3 Å². The highest BCUT2D eigenvalue weighted by Gasteiger charge is 2.15. The van der Waals surface area contributed by atoms with Gasteiger partial charge in [-0.3, -0.25) is 0 Å². The Labute approximate surface area is 227 Å². The van der Waals surface area contributed by atoms with E-state index in [0.717, 1.165) is 110 Å². The number of alkyl carbamates (subject to hydrolysis) is 1. The first kappa shape index (κ1) is 35.6. The van der Waals surface area contributed by atoms with Crippen molar-refractivity contribution in [3.05, 3.63) is 12.3 Å². The molecule has 0 radical (unpaired) electrons. The molecule has 0 aliphatic carbocycles. The Bertz CT molecular complexity index is 549. The number of rotatable bonds is 24. The molecule has 0 saturated carbocycles. The van der Waals surface area contributed by atoms with Crippen LogP contribution in [0.3, 0.4) is 0 Å². The summed E-state index contributed by atoms with van der Waals surface area (Å²) < 4.78 is 5.29. The summed E-state index contributed by atoms with van der Waals surface area (Å²) in [5.41, 5.74) is 22.5. The van der Waals surface area contributed by atoms with Crippen LogP contribution >= 0.6 is 0 Å². The molecule has 0 saturated heterocycles. The van der Waals surface area contributed by atoms with Crippen molar-refractivity contribution in [2.75, 3.05) is 85.1 Å². The van der Waals surface area contributed by atoms with Crippen LogP contribution in [0.25, 0.3) is 0 Å². The van der Waals surface area contributed by atoms with Crippen molar-refractivity contribution >= 4 is 6.09 Å². The standard InChI is InChI=1S/C27H60N8O2/c1-27(2,3)37-26(36)32-16-6-4-5-7-17-35(24-22-33(18-8-12-28)19-9-13-29)25-23-34(20-10-14-30)21-11-15-31/h8,18H,4-7,9-17,19-25,28-31H2,1-3H3,(H,32,36)/b18-8+. The molecule has 10 nitrogen and oxygen atoms in total. The monoisotopic (exact) mass is 528 g/mol. The molecule has 0 aromatic heterocycles. The Kier molecular flexibility index (Phi) is 22.8. The molecule has 0 atom stereocenters. The van der Waals surface area contributed by atoms with E-state index in [1.54, 1.807) is 0 Å². The van der Waals surface area contributed by atoms with E-state index in [2.05, 4.69) is 26.2 Å². The fourth-order valence-corrected chi connectivity index (χ4v) is 3.94. The quantitative estimate of drug-likeness (QED) is 0.117. The molecule has 0 unspecified atom stereocenters. The molecule has 10 heteroatoms. The maximum absolute atomic E-state index is 11.8. The van der Waals surface area contributed by atoms with Crippen LogP contribution < -0.4 is 28.3 Å². The Hall–Kier alpha value is -1.43. The van der Waals surface area contributed by atoms with Crippen LogP contribution in [0.1, 0.15) is 65.7 Å². The molecular weight excluding hydrogens is 468 g/mol. The summed E-state index contributed by atoms with van der Waals surface area (Å²) in [4.78, 5) is 19.2. The van der Waals surface area contributed by atoms with E-state index in [1.165, 1.54) is 0 Å². The fourth-order valence-electron chi connectivity index (χ4n) is 3.94. The van der Waals surface area contributed by atoms with Crippen molar-refractivity contribution in [3.8, 4) is 0 Å². The van der Waals surface area contributed by atoms with Gasteiger partial charge >= 0.3 is 6.09 Å². The van der Waals surface area contributed by atoms with Gasteiger partial charge in [0.15, 0.2) is 0 Å². The Balaban J connectivity index is 4.68. The van der Waals surface area contributed by atoms with Crippen molar-refractivity contribution in [1.82, 2.24) is 20.0 Å². The number of ether oxygens (including phenoxy) is 1. The fraction of sp³-hybridized carbons (Fsp3) is 0.889. The molecule has 0 aromatic carbocycles. The SMILES string of the molecule is CC(C)(C)OC(=O)NCCCCCCN(CCN(/C=C/CN)CCCN)CCN(CCCN)CCCN. The first-order valence-corrected chi connectivity index (χ1v) is 14.4. The topological polar surface area (TPSA) is 152 Å². The molecule has 220 valence electrons. The van der Waals surface area contributed by atoms with E-state index in [9.17, 15) is 4.79 Å². The zero-order chi connectivity index (χ0) is 27.8. The molecule has 0 heterocycles. The highest BCUT2D eigenvalue weighted by molar-refractivity contribution is 5.67. The number of carbonyl (C=O) groups is 1. The van der Waals surface area contributed by atoms with Crippen molar-refractivity contribution in [2.45, 2.75) is 71.3 Å². The molecule has 0 bridgehead atoms. The predicted molar refractivity (Wildman–Crippen MR) is 156 cm³/mol. The lowest BCUT2D eigenvalue weighted by Gasteiger charge is -2.30. The summed E-state index contributed by atoms with van der Waals surface area (Å²) in [5.74, 6) is 0. The summed E-state index contributed by atoms with van der Waals surface area (Å²) in [5, 5.41) is 2.85. The third-order valence-electron chi connectivity index (χ3n) is 5.96. The van der Waals surface area contributed by atoms with Gasteiger partial charge in [0.25, 0.3) is 0 Å². The molecule has 0 spiro atoms. The van der Waals surface area contributed by atoms with Crippen molar-refractivity contribution < 1.29 is 9.53 Å². The van der Waals surface area contributed by atoms with Crippen LogP contribution in [-0.2, 0) is 4.74 Å². The molecule has 0 aliphatic heterocycles. The maximum Gasteiger partial charge on any atom is 0.407 e. The average molecular weight is 529 g/mol. The van der Waals surface area contributed by atoms with Gasteiger partial charge in [-0.1, -0.05) is 18.9 Å². The number of amides is 1. The van der Waals surface area contributed by atoms with E-state index in [4.69, 9.17) is 27.7 Å². The van der Waals surface area contributed by atoms with Gasteiger partial charge in [0.2, 0.25) is 0 Å². The predicted octanol–water partition coefficient (Wildman–Crippen LogP) is 1.50. The summed E-state index contributed by atoms with van der Waals surface area (Å²) >= 11 is 0. The third kappa shape index (κ3) is 23.4. The minimum absolute atomic E-state index is 0.338. The Morgan fingerprint density at radius 2 is 1.22 bits per heavy atom. The number of unbranched alkanes of at least 4 members (excludes halogenated alkanes) is 3. The summed E-state index contributed by atoms with van der Waals surface area (Å²) in [7, 11) is 0. The summed E-state index contributed by atoms with van der Waals surface area (Å²) in [6, 6.07) is 0. The molecular formula is C27H60N8O2. The smallest absolute Gasteiger partial charge is 0.407 e. The Morgan fingerprint density at radius 3 is 1.78 bits per heavy atom. The van der Waals surface area contributed by atoms with Crippen LogP contribution in [0.4, 0.5) is 4.79 Å². The van der Waals surface area contributed by atoms with Crippen LogP contribution in [0.2, 0.25) is 0 Å². The van der Waals surface area contributed by atoms with E-state index in [0.29, 0.717) is 19.6 Å². The number of nitrogens with one attached hydrogen (secondary N) is 1. The molecule has 9 N–H and O–H groups in total. The minimum Gasteiger partial charge on any atom is -0.444 e. The largest absolute Gasteiger partial charge is 0.444 e. The van der Waals surface area contributed by atoms with E-state index in [1.807, 2.05) is 26.8 Å². The highest BCUT2D eigenvalue weighted by atomic mass is 16.6. The van der Waals surface area contributed by atoms with Gasteiger partial charge in [0, 0.05) is 45.8 Å². The van der Waals surface area contributed by atoms with Crippen LogP contribution in [0.5, 0.6) is 0 Å². The molecule has 0 aromatic rings. The van der Waals surface area contributed by atoms with Crippen LogP contribution in [0.15, 0.2) is 12.3 Å². The maximum atomic E-state index is 11.8. The van der Waals surface area contributed by atoms with Gasteiger partial charge in [-0.15, -0.1) is 0 Å². The number of nitrogens with two attached hydrogens (primary N) is 4. The first-order chi connectivity index (χ1) is 17.8. The van der Waals surface area contributed by atoms with Gasteiger partial charge in [-0.2, -0.15) is 0 Å². The van der Waals surface area contributed by atoms with E-state index >= 15 is 0 Å². The van der Waals surface area contributed by atoms with E-state index in [-0.39, 0.29) is 6.09 Å². The van der Waals surface area contributed by atoms with Crippen molar-refractivity contribution in [2.24, 2.45) is 22.9 Å². The lowest BCUT2D eigenvalue weighted by molar-refractivity contribution is 0.0527. The lowest BCUT2D eigenvalue weighted by atomic mass is 10.2. The summed E-state index contributed by atoms with van der Waals surface area (Å²) in [6.45, 7) is 17.0. The number of hydrogen-bond acceptors (Lipinski definition) is 9. The highest BCUT2D eigenvalue weighted by Crippen LogP contribution is 2.07. The zero-order valence-electron chi connectivity index (χ0n) is 24.3. The molecule has 37 heavy (non-hydrogen) atoms.